The summed E-state index contributed by atoms with van der Waals surface area (Å²) in [6.45, 7) is 1.53. The van der Waals surface area contributed by atoms with Gasteiger partial charge in [0.25, 0.3) is 0 Å². The summed E-state index contributed by atoms with van der Waals surface area (Å²) in [7, 11) is 0. The van der Waals surface area contributed by atoms with Gasteiger partial charge in [-0.05, 0) is 38.1 Å². The minimum Gasteiger partial charge on any atom is -0.411 e. The summed E-state index contributed by atoms with van der Waals surface area (Å²) in [6, 6.07) is 3.64. The van der Waals surface area contributed by atoms with Crippen LogP contribution in [-0.4, -0.2) is 24.0 Å². The molecule has 0 unspecified atom stereocenters. The van der Waals surface area contributed by atoms with Gasteiger partial charge in [0.2, 0.25) is 0 Å². The first kappa shape index (κ1) is 12.0. The number of nitrogens with zero attached hydrogens (tertiary/aromatic N) is 1. The van der Waals surface area contributed by atoms with Crippen LogP contribution in [0.4, 0.5) is 8.78 Å². The van der Waals surface area contributed by atoms with Crippen molar-refractivity contribution in [3.8, 4) is 0 Å². The molecule has 1 saturated heterocycles. The molecule has 2 rings (SSSR count). The Kier molecular flexibility index (Phi) is 3.68. The molecule has 17 heavy (non-hydrogen) atoms. The fraction of sp³-hybridized carbons (Fsp3) is 0.417. The third kappa shape index (κ3) is 2.44. The normalized spacial score (nSPS) is 18.4. The largest absolute Gasteiger partial charge is 0.411 e. The average Bonchev–Trinajstić information content (AvgIpc) is 2.35. The van der Waals surface area contributed by atoms with E-state index in [1.807, 2.05) is 0 Å². The standard InChI is InChI=1S/C12H14F2N2O/c13-9-2-1-3-10(14)11(9)12(16-17)8-4-6-15-7-5-8/h1-3,8,15,17H,4-7H2/b16-12+. The van der Waals surface area contributed by atoms with Crippen molar-refractivity contribution in [1.29, 1.82) is 0 Å². The molecule has 3 nitrogen and oxygen atoms in total. The van der Waals surface area contributed by atoms with Crippen LogP contribution in [0.25, 0.3) is 0 Å². The van der Waals surface area contributed by atoms with Gasteiger partial charge in [0, 0.05) is 5.92 Å². The topological polar surface area (TPSA) is 44.6 Å². The molecule has 2 N–H and O–H groups in total. The number of halogens is 2. The molecule has 0 saturated carbocycles. The molecule has 0 atom stereocenters. The van der Waals surface area contributed by atoms with Crippen LogP contribution in [0.5, 0.6) is 0 Å². The van der Waals surface area contributed by atoms with Crippen molar-refractivity contribution < 1.29 is 14.0 Å². The van der Waals surface area contributed by atoms with Crippen LogP contribution in [-0.2, 0) is 0 Å². The van der Waals surface area contributed by atoms with Crippen LogP contribution in [0.15, 0.2) is 23.4 Å². The maximum Gasteiger partial charge on any atom is 0.135 e. The van der Waals surface area contributed by atoms with E-state index in [9.17, 15) is 8.78 Å². The Morgan fingerprint density at radius 2 is 1.82 bits per heavy atom. The van der Waals surface area contributed by atoms with E-state index in [0.29, 0.717) is 12.8 Å². The number of rotatable bonds is 2. The third-order valence-corrected chi connectivity index (χ3v) is 3.05. The second-order valence-corrected chi connectivity index (χ2v) is 4.11. The Labute approximate surface area is 98.1 Å². The molecule has 1 aromatic carbocycles. The summed E-state index contributed by atoms with van der Waals surface area (Å²) >= 11 is 0. The molecule has 0 spiro atoms. The number of hydrogen-bond donors (Lipinski definition) is 2. The maximum atomic E-state index is 13.6. The highest BCUT2D eigenvalue weighted by Gasteiger charge is 2.25. The second kappa shape index (κ2) is 5.23. The lowest BCUT2D eigenvalue weighted by atomic mass is 9.88. The van der Waals surface area contributed by atoms with Crippen LogP contribution >= 0.6 is 0 Å². The smallest absolute Gasteiger partial charge is 0.135 e. The summed E-state index contributed by atoms with van der Waals surface area (Å²) in [5, 5.41) is 15.3. The predicted molar refractivity (Wildman–Crippen MR) is 60.3 cm³/mol. The Hall–Kier alpha value is -1.49. The SMILES string of the molecule is O/N=C(/c1c(F)cccc1F)C1CCNCC1. The molecule has 1 aliphatic heterocycles. The average molecular weight is 240 g/mol. The van der Waals surface area contributed by atoms with Gasteiger partial charge in [-0.25, -0.2) is 8.78 Å². The fourth-order valence-electron chi connectivity index (χ4n) is 2.17. The monoisotopic (exact) mass is 240 g/mol. The van der Waals surface area contributed by atoms with Gasteiger partial charge in [0.1, 0.15) is 11.6 Å². The molecule has 5 heteroatoms. The van der Waals surface area contributed by atoms with Crippen molar-refractivity contribution in [2.24, 2.45) is 11.1 Å². The lowest BCUT2D eigenvalue weighted by Crippen LogP contribution is -2.33. The van der Waals surface area contributed by atoms with Gasteiger partial charge in [0.05, 0.1) is 11.3 Å². The number of piperidine rings is 1. The van der Waals surface area contributed by atoms with Crippen LogP contribution in [0.2, 0.25) is 0 Å². The van der Waals surface area contributed by atoms with Crippen molar-refractivity contribution in [3.05, 3.63) is 35.4 Å². The highest BCUT2D eigenvalue weighted by molar-refractivity contribution is 6.02. The molecule has 1 aromatic rings. The number of benzene rings is 1. The van der Waals surface area contributed by atoms with E-state index in [1.54, 1.807) is 0 Å². The maximum absolute atomic E-state index is 13.6. The molecular weight excluding hydrogens is 226 g/mol. The summed E-state index contributed by atoms with van der Waals surface area (Å²) in [6.07, 6.45) is 1.43. The lowest BCUT2D eigenvalue weighted by molar-refractivity contribution is 0.310. The van der Waals surface area contributed by atoms with Crippen molar-refractivity contribution in [3.63, 3.8) is 0 Å². The Bertz CT molecular complexity index is 408. The molecule has 0 bridgehead atoms. The summed E-state index contributed by atoms with van der Waals surface area (Å²) in [4.78, 5) is 0. The number of oxime groups is 1. The molecule has 1 heterocycles. The van der Waals surface area contributed by atoms with E-state index < -0.39 is 11.6 Å². The zero-order valence-corrected chi connectivity index (χ0v) is 9.29. The van der Waals surface area contributed by atoms with Gasteiger partial charge in [-0.1, -0.05) is 11.2 Å². The first-order valence-electron chi connectivity index (χ1n) is 5.61. The van der Waals surface area contributed by atoms with E-state index in [2.05, 4.69) is 10.5 Å². The Morgan fingerprint density at radius 3 is 2.35 bits per heavy atom. The number of hydrogen-bond acceptors (Lipinski definition) is 3. The third-order valence-electron chi connectivity index (χ3n) is 3.05. The van der Waals surface area contributed by atoms with Crippen molar-refractivity contribution in [2.45, 2.75) is 12.8 Å². The van der Waals surface area contributed by atoms with Crippen LogP contribution in [0.1, 0.15) is 18.4 Å². The zero-order chi connectivity index (χ0) is 12.3. The van der Waals surface area contributed by atoms with E-state index in [0.717, 1.165) is 13.1 Å². The molecule has 1 aliphatic rings. The molecule has 92 valence electrons. The van der Waals surface area contributed by atoms with E-state index in [1.165, 1.54) is 18.2 Å². The number of nitrogens with one attached hydrogen (secondary N) is 1. The predicted octanol–water partition coefficient (Wildman–Crippen LogP) is 2.14. The molecule has 0 radical (unpaired) electrons. The molecule has 1 fully saturated rings. The lowest BCUT2D eigenvalue weighted by Gasteiger charge is -2.23. The van der Waals surface area contributed by atoms with Gasteiger partial charge in [-0.2, -0.15) is 0 Å². The van der Waals surface area contributed by atoms with E-state index >= 15 is 0 Å². The molecule has 0 aromatic heterocycles. The molecular formula is C12H14F2N2O. The zero-order valence-electron chi connectivity index (χ0n) is 9.29. The van der Waals surface area contributed by atoms with Crippen molar-refractivity contribution in [2.75, 3.05) is 13.1 Å². The minimum absolute atomic E-state index is 0.104. The first-order chi connectivity index (χ1) is 8.24. The van der Waals surface area contributed by atoms with Crippen LogP contribution in [0.3, 0.4) is 0 Å². The summed E-state index contributed by atoms with van der Waals surface area (Å²) in [5.74, 6) is -1.47. The van der Waals surface area contributed by atoms with Gasteiger partial charge >= 0.3 is 0 Å². The molecule has 0 amide bonds. The summed E-state index contributed by atoms with van der Waals surface area (Å²) < 4.78 is 27.2. The fourth-order valence-corrected chi connectivity index (χ4v) is 2.17. The first-order valence-corrected chi connectivity index (χ1v) is 5.61. The summed E-state index contributed by atoms with van der Waals surface area (Å²) in [5.41, 5.74) is -0.0935. The van der Waals surface area contributed by atoms with Gasteiger partial charge in [-0.3, -0.25) is 0 Å². The Morgan fingerprint density at radius 1 is 1.24 bits per heavy atom. The quantitative estimate of drug-likeness (QED) is 0.472. The second-order valence-electron chi connectivity index (χ2n) is 4.11. The van der Waals surface area contributed by atoms with Gasteiger partial charge < -0.3 is 10.5 Å². The van der Waals surface area contributed by atoms with Gasteiger partial charge in [-0.15, -0.1) is 0 Å². The minimum atomic E-state index is -0.684. The van der Waals surface area contributed by atoms with Gasteiger partial charge in [0.15, 0.2) is 0 Å². The van der Waals surface area contributed by atoms with Crippen LogP contribution < -0.4 is 5.32 Å². The van der Waals surface area contributed by atoms with Crippen LogP contribution in [0, 0.1) is 17.6 Å². The van der Waals surface area contributed by atoms with E-state index in [-0.39, 0.29) is 17.2 Å². The molecule has 0 aliphatic carbocycles. The highest BCUT2D eigenvalue weighted by atomic mass is 19.1. The van der Waals surface area contributed by atoms with Crippen molar-refractivity contribution in [1.82, 2.24) is 5.32 Å². The highest BCUT2D eigenvalue weighted by Crippen LogP contribution is 2.23. The Balaban J connectivity index is 2.35. The van der Waals surface area contributed by atoms with Crippen molar-refractivity contribution >= 4 is 5.71 Å². The van der Waals surface area contributed by atoms with E-state index in [4.69, 9.17) is 5.21 Å².